The largest absolute Gasteiger partial charge is 0.493 e. The van der Waals surface area contributed by atoms with Crippen molar-refractivity contribution in [2.45, 2.75) is 46.6 Å². The lowest BCUT2D eigenvalue weighted by atomic mass is 10.1. The third kappa shape index (κ3) is 10.3. The number of methoxy groups -OCH3 is 1. The number of aryl methyl sites for hydroxylation is 1. The highest BCUT2D eigenvalue weighted by Gasteiger charge is 2.14. The van der Waals surface area contributed by atoms with Crippen LogP contribution in [0.15, 0.2) is 23.2 Å². The highest BCUT2D eigenvalue weighted by molar-refractivity contribution is 14.0. The molecule has 2 N–H and O–H groups in total. The molecule has 1 fully saturated rings. The van der Waals surface area contributed by atoms with Gasteiger partial charge in [-0.3, -0.25) is 0 Å². The molecule has 0 aromatic heterocycles. The minimum absolute atomic E-state index is 0. The van der Waals surface area contributed by atoms with Crippen LogP contribution in [-0.2, 0) is 11.3 Å². The summed E-state index contributed by atoms with van der Waals surface area (Å²) in [6, 6.07) is 6.32. The smallest absolute Gasteiger partial charge is 0.191 e. The lowest BCUT2D eigenvalue weighted by Crippen LogP contribution is -2.41. The Hall–Kier alpha value is -1.06. The number of aliphatic imine (C=N–C) groups is 1. The Morgan fingerprint density at radius 2 is 1.97 bits per heavy atom. The zero-order valence-corrected chi connectivity index (χ0v) is 21.5. The van der Waals surface area contributed by atoms with Gasteiger partial charge >= 0.3 is 0 Å². The standard InChI is InChI=1S/C23H40N4O2.HI/c1-5-24-23(25-16-20(3)18-27-11-6-7-12-27)26-17-21-10-9-19(2)15-22(21)29-14-8-13-28-4;/h9-10,15,20H,5-8,11-14,16-18H2,1-4H3,(H2,24,25,26);1H. The van der Waals surface area contributed by atoms with E-state index >= 15 is 0 Å². The summed E-state index contributed by atoms with van der Waals surface area (Å²) in [5, 5.41) is 6.87. The summed E-state index contributed by atoms with van der Waals surface area (Å²) < 4.78 is 11.1. The number of nitrogens with zero attached hydrogens (tertiary/aromatic N) is 2. The summed E-state index contributed by atoms with van der Waals surface area (Å²) in [6.07, 6.45) is 3.57. The maximum atomic E-state index is 5.99. The molecule has 2 rings (SSSR count). The van der Waals surface area contributed by atoms with Crippen LogP contribution in [0, 0.1) is 12.8 Å². The second-order valence-electron chi connectivity index (χ2n) is 7.99. The van der Waals surface area contributed by atoms with Gasteiger partial charge in [0.15, 0.2) is 5.96 Å². The molecule has 1 aliphatic heterocycles. The predicted octanol–water partition coefficient (Wildman–Crippen LogP) is 3.82. The van der Waals surface area contributed by atoms with Crippen LogP contribution >= 0.6 is 24.0 Å². The van der Waals surface area contributed by atoms with Gasteiger partial charge in [0.1, 0.15) is 5.75 Å². The van der Waals surface area contributed by atoms with Crippen LogP contribution in [-0.4, -0.2) is 63.9 Å². The van der Waals surface area contributed by atoms with Crippen molar-refractivity contribution in [2.24, 2.45) is 10.9 Å². The highest BCUT2D eigenvalue weighted by atomic mass is 127. The van der Waals surface area contributed by atoms with Crippen LogP contribution in [0.5, 0.6) is 5.75 Å². The average molecular weight is 533 g/mol. The van der Waals surface area contributed by atoms with E-state index in [0.29, 0.717) is 25.7 Å². The van der Waals surface area contributed by atoms with E-state index in [1.165, 1.54) is 31.5 Å². The molecular weight excluding hydrogens is 491 g/mol. The fourth-order valence-corrected chi connectivity index (χ4v) is 3.56. The van der Waals surface area contributed by atoms with Crippen LogP contribution in [0.25, 0.3) is 0 Å². The Morgan fingerprint density at radius 1 is 1.20 bits per heavy atom. The van der Waals surface area contributed by atoms with Gasteiger partial charge in [0.2, 0.25) is 0 Å². The molecule has 1 saturated heterocycles. The molecule has 0 aliphatic carbocycles. The molecule has 6 nitrogen and oxygen atoms in total. The number of rotatable bonds is 12. The number of halogens is 1. The van der Waals surface area contributed by atoms with E-state index < -0.39 is 0 Å². The Kier molecular flexibility index (Phi) is 14.1. The molecule has 1 aromatic carbocycles. The van der Waals surface area contributed by atoms with Crippen molar-refractivity contribution >= 4 is 29.9 Å². The van der Waals surface area contributed by atoms with Gasteiger partial charge in [-0.1, -0.05) is 19.1 Å². The van der Waals surface area contributed by atoms with E-state index in [1.54, 1.807) is 7.11 Å². The topological polar surface area (TPSA) is 58.1 Å². The van der Waals surface area contributed by atoms with Gasteiger partial charge in [-0.15, -0.1) is 24.0 Å². The third-order valence-corrected chi connectivity index (χ3v) is 5.11. The van der Waals surface area contributed by atoms with Crippen molar-refractivity contribution in [3.8, 4) is 5.75 Å². The first kappa shape index (κ1) is 27.0. The first-order chi connectivity index (χ1) is 14.1. The van der Waals surface area contributed by atoms with Crippen molar-refractivity contribution in [1.82, 2.24) is 15.5 Å². The molecular formula is C23H41IN4O2. The third-order valence-electron chi connectivity index (χ3n) is 5.11. The number of ether oxygens (including phenoxy) is 2. The summed E-state index contributed by atoms with van der Waals surface area (Å²) in [6.45, 7) is 13.9. The Bertz CT molecular complexity index is 621. The van der Waals surface area contributed by atoms with Crippen molar-refractivity contribution in [3.63, 3.8) is 0 Å². The molecule has 0 amide bonds. The summed E-state index contributed by atoms with van der Waals surface area (Å²) in [4.78, 5) is 7.36. The number of hydrogen-bond acceptors (Lipinski definition) is 4. The van der Waals surface area contributed by atoms with Gasteiger partial charge in [0, 0.05) is 45.3 Å². The number of guanidine groups is 1. The van der Waals surface area contributed by atoms with Gasteiger partial charge in [-0.05, 0) is 57.3 Å². The molecule has 1 unspecified atom stereocenters. The van der Waals surface area contributed by atoms with E-state index in [9.17, 15) is 0 Å². The molecule has 0 spiro atoms. The Morgan fingerprint density at radius 3 is 2.67 bits per heavy atom. The van der Waals surface area contributed by atoms with Crippen LogP contribution in [0.2, 0.25) is 0 Å². The average Bonchev–Trinajstić information content (AvgIpc) is 3.21. The zero-order chi connectivity index (χ0) is 20.9. The predicted molar refractivity (Wildman–Crippen MR) is 136 cm³/mol. The van der Waals surface area contributed by atoms with Crippen LogP contribution in [0.1, 0.15) is 44.2 Å². The van der Waals surface area contributed by atoms with Crippen molar-refractivity contribution in [1.29, 1.82) is 0 Å². The van der Waals surface area contributed by atoms with Gasteiger partial charge < -0.3 is 25.0 Å². The maximum absolute atomic E-state index is 5.99. The van der Waals surface area contributed by atoms with Crippen molar-refractivity contribution in [3.05, 3.63) is 29.3 Å². The Balaban J connectivity index is 0.00000450. The lowest BCUT2D eigenvalue weighted by molar-refractivity contribution is 0.172. The second-order valence-corrected chi connectivity index (χ2v) is 7.99. The highest BCUT2D eigenvalue weighted by Crippen LogP contribution is 2.21. The van der Waals surface area contributed by atoms with Gasteiger partial charge in [0.05, 0.1) is 13.2 Å². The molecule has 0 radical (unpaired) electrons. The summed E-state index contributed by atoms with van der Waals surface area (Å²) in [5.41, 5.74) is 2.30. The number of hydrogen-bond donors (Lipinski definition) is 2. The van der Waals surface area contributed by atoms with E-state index in [2.05, 4.69) is 54.5 Å². The van der Waals surface area contributed by atoms with Crippen molar-refractivity contribution in [2.75, 3.05) is 53.0 Å². The molecule has 30 heavy (non-hydrogen) atoms. The molecule has 1 atom stereocenters. The molecule has 172 valence electrons. The molecule has 1 aromatic rings. The Labute approximate surface area is 200 Å². The first-order valence-electron chi connectivity index (χ1n) is 11.1. The zero-order valence-electron chi connectivity index (χ0n) is 19.2. The summed E-state index contributed by atoms with van der Waals surface area (Å²) in [5.74, 6) is 2.38. The summed E-state index contributed by atoms with van der Waals surface area (Å²) >= 11 is 0. The summed E-state index contributed by atoms with van der Waals surface area (Å²) in [7, 11) is 1.72. The maximum Gasteiger partial charge on any atom is 0.191 e. The SMILES string of the molecule is CCNC(=NCc1ccc(C)cc1OCCCOC)NCC(C)CN1CCCC1.I. The fourth-order valence-electron chi connectivity index (χ4n) is 3.56. The minimum atomic E-state index is 0. The fraction of sp³-hybridized carbons (Fsp3) is 0.696. The van der Waals surface area contributed by atoms with Crippen molar-refractivity contribution < 1.29 is 9.47 Å². The molecule has 0 saturated carbocycles. The van der Waals surface area contributed by atoms with Crippen LogP contribution < -0.4 is 15.4 Å². The lowest BCUT2D eigenvalue weighted by Gasteiger charge is -2.21. The molecule has 0 bridgehead atoms. The molecule has 1 heterocycles. The van der Waals surface area contributed by atoms with Gasteiger partial charge in [0.25, 0.3) is 0 Å². The van der Waals surface area contributed by atoms with Gasteiger partial charge in [-0.2, -0.15) is 0 Å². The number of benzene rings is 1. The van der Waals surface area contributed by atoms with Crippen LogP contribution in [0.4, 0.5) is 0 Å². The van der Waals surface area contributed by atoms with E-state index in [-0.39, 0.29) is 24.0 Å². The van der Waals surface area contributed by atoms with Gasteiger partial charge in [-0.25, -0.2) is 4.99 Å². The number of likely N-dealkylation sites (tertiary alicyclic amines) is 1. The minimum Gasteiger partial charge on any atom is -0.493 e. The molecule has 1 aliphatic rings. The number of nitrogens with one attached hydrogen (secondary N) is 2. The first-order valence-corrected chi connectivity index (χ1v) is 11.1. The van der Waals surface area contributed by atoms with E-state index in [1.807, 2.05) is 0 Å². The molecule has 7 heteroatoms. The normalized spacial score (nSPS) is 15.5. The monoisotopic (exact) mass is 532 g/mol. The van der Waals surface area contributed by atoms with Crippen LogP contribution in [0.3, 0.4) is 0 Å². The van der Waals surface area contributed by atoms with E-state index in [0.717, 1.165) is 43.3 Å². The quantitative estimate of drug-likeness (QED) is 0.186. The van der Waals surface area contributed by atoms with E-state index in [4.69, 9.17) is 14.5 Å². The second kappa shape index (κ2) is 15.7.